The maximum Gasteiger partial charge on any atom is 0.230 e. The highest BCUT2D eigenvalue weighted by atomic mass is 79.9. The number of rotatable bonds is 2. The largest absolute Gasteiger partial charge is 0.367 e. The van der Waals surface area contributed by atoms with Crippen molar-refractivity contribution in [3.05, 3.63) is 46.3 Å². The first-order valence-corrected chi connectivity index (χ1v) is 6.98. The standard InChI is InChI=1S/C13H9BrN2OS/c14-9-4-1-3-8(7-9)11-12(16-17-13(11)15)10-5-2-6-18-10/h1-7H,15H2. The summed E-state index contributed by atoms with van der Waals surface area (Å²) in [6, 6.07) is 11.9. The Morgan fingerprint density at radius 3 is 2.83 bits per heavy atom. The molecule has 0 saturated heterocycles. The van der Waals surface area contributed by atoms with Gasteiger partial charge in [0.2, 0.25) is 5.88 Å². The van der Waals surface area contributed by atoms with Gasteiger partial charge in [-0.05, 0) is 29.1 Å². The van der Waals surface area contributed by atoms with E-state index < -0.39 is 0 Å². The lowest BCUT2D eigenvalue weighted by molar-refractivity contribution is 0.439. The molecule has 3 aromatic rings. The molecule has 0 spiro atoms. The van der Waals surface area contributed by atoms with Gasteiger partial charge in [-0.25, -0.2) is 0 Å². The molecule has 0 fully saturated rings. The first-order valence-electron chi connectivity index (χ1n) is 5.30. The van der Waals surface area contributed by atoms with Crippen molar-refractivity contribution in [1.82, 2.24) is 5.16 Å². The van der Waals surface area contributed by atoms with E-state index in [0.717, 1.165) is 26.2 Å². The van der Waals surface area contributed by atoms with Crippen LogP contribution in [0.1, 0.15) is 0 Å². The van der Waals surface area contributed by atoms with Crippen LogP contribution in [-0.4, -0.2) is 5.16 Å². The van der Waals surface area contributed by atoms with E-state index in [9.17, 15) is 0 Å². The highest BCUT2D eigenvalue weighted by Crippen LogP contribution is 2.38. The van der Waals surface area contributed by atoms with Crippen molar-refractivity contribution in [3.63, 3.8) is 0 Å². The topological polar surface area (TPSA) is 52.0 Å². The van der Waals surface area contributed by atoms with Crippen LogP contribution in [0, 0.1) is 0 Å². The Hall–Kier alpha value is -1.59. The van der Waals surface area contributed by atoms with Crippen LogP contribution < -0.4 is 5.73 Å². The molecule has 0 saturated carbocycles. The van der Waals surface area contributed by atoms with Gasteiger partial charge in [-0.1, -0.05) is 39.3 Å². The molecule has 2 aromatic heterocycles. The number of hydrogen-bond donors (Lipinski definition) is 1. The second-order valence-electron chi connectivity index (χ2n) is 3.76. The van der Waals surface area contributed by atoms with Crippen LogP contribution in [0.15, 0.2) is 50.8 Å². The van der Waals surface area contributed by atoms with Crippen LogP contribution in [0.3, 0.4) is 0 Å². The van der Waals surface area contributed by atoms with Gasteiger partial charge >= 0.3 is 0 Å². The summed E-state index contributed by atoms with van der Waals surface area (Å²) in [6.45, 7) is 0. The molecule has 0 bridgehead atoms. The summed E-state index contributed by atoms with van der Waals surface area (Å²) in [7, 11) is 0. The highest BCUT2D eigenvalue weighted by Gasteiger charge is 2.18. The Morgan fingerprint density at radius 2 is 2.11 bits per heavy atom. The van der Waals surface area contributed by atoms with Crippen molar-refractivity contribution < 1.29 is 4.52 Å². The van der Waals surface area contributed by atoms with Gasteiger partial charge in [-0.3, -0.25) is 0 Å². The number of nitrogens with zero attached hydrogens (tertiary/aromatic N) is 1. The molecular formula is C13H9BrN2OS. The van der Waals surface area contributed by atoms with Crippen molar-refractivity contribution in [2.45, 2.75) is 0 Å². The second kappa shape index (κ2) is 4.59. The summed E-state index contributed by atoms with van der Waals surface area (Å²) in [5, 5.41) is 6.06. The molecule has 0 aliphatic heterocycles. The lowest BCUT2D eigenvalue weighted by atomic mass is 10.1. The Balaban J connectivity index is 2.20. The third kappa shape index (κ3) is 1.95. The van der Waals surface area contributed by atoms with Gasteiger partial charge in [0.1, 0.15) is 5.69 Å². The van der Waals surface area contributed by atoms with Gasteiger partial charge < -0.3 is 10.3 Å². The number of aromatic nitrogens is 1. The Labute approximate surface area is 116 Å². The normalized spacial score (nSPS) is 10.7. The highest BCUT2D eigenvalue weighted by molar-refractivity contribution is 9.10. The van der Waals surface area contributed by atoms with E-state index >= 15 is 0 Å². The molecule has 3 rings (SSSR count). The fourth-order valence-corrected chi connectivity index (χ4v) is 2.92. The molecule has 3 nitrogen and oxygen atoms in total. The summed E-state index contributed by atoms with van der Waals surface area (Å²) in [5.41, 5.74) is 8.52. The van der Waals surface area contributed by atoms with Gasteiger partial charge in [-0.15, -0.1) is 11.3 Å². The number of anilines is 1. The number of nitrogen functional groups attached to an aromatic ring is 1. The van der Waals surface area contributed by atoms with Crippen LogP contribution in [0.5, 0.6) is 0 Å². The molecule has 0 aliphatic carbocycles. The molecule has 90 valence electrons. The molecule has 0 radical (unpaired) electrons. The van der Waals surface area contributed by atoms with Crippen molar-refractivity contribution in [3.8, 4) is 21.7 Å². The Morgan fingerprint density at radius 1 is 1.22 bits per heavy atom. The zero-order chi connectivity index (χ0) is 12.5. The molecule has 2 N–H and O–H groups in total. The monoisotopic (exact) mass is 320 g/mol. The quantitative estimate of drug-likeness (QED) is 0.760. The van der Waals surface area contributed by atoms with E-state index in [1.54, 1.807) is 11.3 Å². The maximum atomic E-state index is 5.89. The molecule has 0 amide bonds. The van der Waals surface area contributed by atoms with Crippen LogP contribution in [0.4, 0.5) is 5.88 Å². The molecular weight excluding hydrogens is 312 g/mol. The zero-order valence-corrected chi connectivity index (χ0v) is 11.7. The van der Waals surface area contributed by atoms with Crippen molar-refractivity contribution in [2.24, 2.45) is 0 Å². The number of halogens is 1. The van der Waals surface area contributed by atoms with Gasteiger partial charge in [0.05, 0.1) is 10.4 Å². The second-order valence-corrected chi connectivity index (χ2v) is 5.62. The van der Waals surface area contributed by atoms with E-state index in [0.29, 0.717) is 5.88 Å². The first-order chi connectivity index (χ1) is 8.75. The van der Waals surface area contributed by atoms with E-state index in [2.05, 4.69) is 21.1 Å². The lowest BCUT2D eigenvalue weighted by Crippen LogP contribution is -1.86. The molecule has 1 aromatic carbocycles. The van der Waals surface area contributed by atoms with E-state index in [-0.39, 0.29) is 0 Å². The average molecular weight is 321 g/mol. The van der Waals surface area contributed by atoms with Gasteiger partial charge in [0.25, 0.3) is 0 Å². The van der Waals surface area contributed by atoms with E-state index in [1.807, 2.05) is 41.8 Å². The molecule has 0 atom stereocenters. The van der Waals surface area contributed by atoms with Gasteiger partial charge in [0.15, 0.2) is 0 Å². The van der Waals surface area contributed by atoms with Gasteiger partial charge in [0, 0.05) is 4.47 Å². The Bertz CT molecular complexity index is 676. The summed E-state index contributed by atoms with van der Waals surface area (Å²) < 4.78 is 6.13. The van der Waals surface area contributed by atoms with Crippen molar-refractivity contribution >= 4 is 33.2 Å². The van der Waals surface area contributed by atoms with Crippen LogP contribution in [-0.2, 0) is 0 Å². The predicted octanol–water partition coefficient (Wildman–Crippen LogP) is 4.41. The number of nitrogens with two attached hydrogens (primary N) is 1. The molecule has 0 aliphatic rings. The van der Waals surface area contributed by atoms with Crippen LogP contribution in [0.2, 0.25) is 0 Å². The Kier molecular flexibility index (Phi) is 2.93. The van der Waals surface area contributed by atoms with Gasteiger partial charge in [-0.2, -0.15) is 0 Å². The number of hydrogen-bond acceptors (Lipinski definition) is 4. The minimum absolute atomic E-state index is 0.344. The molecule has 5 heteroatoms. The van der Waals surface area contributed by atoms with E-state index in [4.69, 9.17) is 10.3 Å². The average Bonchev–Trinajstić information content (AvgIpc) is 2.97. The molecule has 0 unspecified atom stereocenters. The summed E-state index contributed by atoms with van der Waals surface area (Å²) in [4.78, 5) is 1.05. The lowest BCUT2D eigenvalue weighted by Gasteiger charge is -2.01. The number of thiophene rings is 1. The third-order valence-electron chi connectivity index (χ3n) is 2.59. The zero-order valence-electron chi connectivity index (χ0n) is 9.26. The summed E-state index contributed by atoms with van der Waals surface area (Å²) in [6.07, 6.45) is 0. The SMILES string of the molecule is Nc1onc(-c2cccs2)c1-c1cccc(Br)c1. The summed E-state index contributed by atoms with van der Waals surface area (Å²) in [5.74, 6) is 0.344. The van der Waals surface area contributed by atoms with Crippen LogP contribution in [0.25, 0.3) is 21.7 Å². The van der Waals surface area contributed by atoms with Crippen molar-refractivity contribution in [1.29, 1.82) is 0 Å². The summed E-state index contributed by atoms with van der Waals surface area (Å²) >= 11 is 5.07. The predicted molar refractivity (Wildman–Crippen MR) is 77.4 cm³/mol. The molecule has 18 heavy (non-hydrogen) atoms. The first kappa shape index (κ1) is 11.5. The minimum atomic E-state index is 0.344. The van der Waals surface area contributed by atoms with E-state index in [1.165, 1.54) is 0 Å². The maximum absolute atomic E-state index is 5.89. The van der Waals surface area contributed by atoms with Crippen molar-refractivity contribution in [2.75, 3.05) is 5.73 Å². The fraction of sp³-hybridized carbons (Fsp3) is 0. The molecule has 2 heterocycles. The third-order valence-corrected chi connectivity index (χ3v) is 3.96. The smallest absolute Gasteiger partial charge is 0.230 e. The minimum Gasteiger partial charge on any atom is -0.367 e. The number of benzene rings is 1. The van der Waals surface area contributed by atoms with Crippen LogP contribution >= 0.6 is 27.3 Å². The fourth-order valence-electron chi connectivity index (χ4n) is 1.81.